The average molecular weight is 454 g/mol. The summed E-state index contributed by atoms with van der Waals surface area (Å²) in [5, 5.41) is 8.03. The second-order valence-electron chi connectivity index (χ2n) is 8.09. The zero-order valence-electron chi connectivity index (χ0n) is 19.7. The van der Waals surface area contributed by atoms with Crippen LogP contribution in [0.1, 0.15) is 30.7 Å². The molecule has 0 unspecified atom stereocenters. The quantitative estimate of drug-likeness (QED) is 0.545. The van der Waals surface area contributed by atoms with Gasteiger partial charge in [-0.3, -0.25) is 4.79 Å². The first-order valence-electron chi connectivity index (χ1n) is 11.4. The van der Waals surface area contributed by atoms with E-state index in [0.29, 0.717) is 54.9 Å². The number of aromatic nitrogens is 1. The largest absolute Gasteiger partial charge is 0.492 e. The van der Waals surface area contributed by atoms with E-state index >= 15 is 0 Å². The Bertz CT molecular complexity index is 1130. The van der Waals surface area contributed by atoms with Gasteiger partial charge in [0.05, 0.1) is 44.2 Å². The number of carbonyl (C=O) groups excluding carboxylic acids is 1. The molecule has 8 nitrogen and oxygen atoms in total. The zero-order valence-corrected chi connectivity index (χ0v) is 19.7. The molecule has 1 aromatic heterocycles. The van der Waals surface area contributed by atoms with E-state index in [4.69, 9.17) is 18.7 Å². The Morgan fingerprint density at radius 2 is 1.79 bits per heavy atom. The van der Waals surface area contributed by atoms with Crippen molar-refractivity contribution < 1.29 is 23.5 Å². The van der Waals surface area contributed by atoms with Gasteiger partial charge in [0, 0.05) is 30.6 Å². The first kappa shape index (κ1) is 22.9. The predicted octanol–water partition coefficient (Wildman–Crippen LogP) is 4.26. The highest BCUT2D eigenvalue weighted by Gasteiger charge is 2.21. The van der Waals surface area contributed by atoms with E-state index in [-0.39, 0.29) is 12.3 Å². The number of amides is 1. The van der Waals surface area contributed by atoms with Gasteiger partial charge in [0.1, 0.15) is 17.2 Å². The summed E-state index contributed by atoms with van der Waals surface area (Å²) in [6, 6.07) is 7.77. The Hall–Kier alpha value is -3.26. The Morgan fingerprint density at radius 1 is 1.06 bits per heavy atom. The second-order valence-corrected chi connectivity index (χ2v) is 8.09. The molecule has 0 saturated carbocycles. The van der Waals surface area contributed by atoms with E-state index in [9.17, 15) is 4.79 Å². The van der Waals surface area contributed by atoms with E-state index in [1.807, 2.05) is 45.9 Å². The molecule has 4 rings (SSSR count). The van der Waals surface area contributed by atoms with Gasteiger partial charge < -0.3 is 29.0 Å². The van der Waals surface area contributed by atoms with Crippen LogP contribution in [0.3, 0.4) is 0 Å². The van der Waals surface area contributed by atoms with Crippen LogP contribution >= 0.6 is 0 Å². The third kappa shape index (κ3) is 5.06. The minimum atomic E-state index is -0.201. The van der Waals surface area contributed by atoms with Gasteiger partial charge in [-0.15, -0.1) is 0 Å². The summed E-state index contributed by atoms with van der Waals surface area (Å²) >= 11 is 0. The summed E-state index contributed by atoms with van der Waals surface area (Å²) in [6.45, 7) is 11.7. The minimum Gasteiger partial charge on any atom is -0.492 e. The SMILES string of the molecule is CCOc1cc(N2CCOCC2)c(OCC)cc1NC(=O)Cc1noc2cc(C)cc(C)c12. The molecule has 0 aliphatic carbocycles. The molecule has 1 amide bonds. The fourth-order valence-corrected chi connectivity index (χ4v) is 4.23. The van der Waals surface area contributed by atoms with Crippen molar-refractivity contribution in [3.05, 3.63) is 41.1 Å². The topological polar surface area (TPSA) is 86.1 Å². The van der Waals surface area contributed by atoms with Gasteiger partial charge in [-0.05, 0) is 44.9 Å². The van der Waals surface area contributed by atoms with E-state index in [0.717, 1.165) is 35.3 Å². The summed E-state index contributed by atoms with van der Waals surface area (Å²) < 4.78 is 22.8. The van der Waals surface area contributed by atoms with E-state index < -0.39 is 0 Å². The average Bonchev–Trinajstić information content (AvgIpc) is 3.18. The van der Waals surface area contributed by atoms with Crippen LogP contribution in [-0.4, -0.2) is 50.6 Å². The number of nitrogens with zero attached hydrogens (tertiary/aromatic N) is 2. The lowest BCUT2D eigenvalue weighted by Crippen LogP contribution is -2.36. The van der Waals surface area contributed by atoms with Crippen LogP contribution in [-0.2, 0) is 16.0 Å². The summed E-state index contributed by atoms with van der Waals surface area (Å²) in [7, 11) is 0. The number of aryl methyl sites for hydroxylation is 2. The smallest absolute Gasteiger partial charge is 0.230 e. The monoisotopic (exact) mass is 453 g/mol. The third-order valence-corrected chi connectivity index (χ3v) is 5.60. The molecule has 1 N–H and O–H groups in total. The fourth-order valence-electron chi connectivity index (χ4n) is 4.23. The molecule has 1 saturated heterocycles. The van der Waals surface area contributed by atoms with Crippen LogP contribution in [0.25, 0.3) is 11.0 Å². The van der Waals surface area contributed by atoms with Crippen molar-refractivity contribution in [1.29, 1.82) is 0 Å². The minimum absolute atomic E-state index is 0.0949. The maximum atomic E-state index is 13.0. The van der Waals surface area contributed by atoms with Crippen LogP contribution < -0.4 is 19.7 Å². The summed E-state index contributed by atoms with van der Waals surface area (Å²) in [5.41, 5.74) is 4.96. The van der Waals surface area contributed by atoms with Crippen molar-refractivity contribution in [2.45, 2.75) is 34.1 Å². The summed E-state index contributed by atoms with van der Waals surface area (Å²) in [6.07, 6.45) is 0.0949. The van der Waals surface area contributed by atoms with Crippen LogP contribution in [0.2, 0.25) is 0 Å². The van der Waals surface area contributed by atoms with Gasteiger partial charge >= 0.3 is 0 Å². The number of fused-ring (bicyclic) bond motifs is 1. The van der Waals surface area contributed by atoms with Crippen molar-refractivity contribution in [1.82, 2.24) is 5.16 Å². The lowest BCUT2D eigenvalue weighted by atomic mass is 10.0. The lowest BCUT2D eigenvalue weighted by molar-refractivity contribution is -0.115. The number of hydrogen-bond donors (Lipinski definition) is 1. The first-order valence-corrected chi connectivity index (χ1v) is 11.4. The normalized spacial score (nSPS) is 13.9. The van der Waals surface area contributed by atoms with Crippen molar-refractivity contribution >= 4 is 28.3 Å². The Kier molecular flexibility index (Phi) is 7.03. The molecule has 2 aromatic carbocycles. The fraction of sp³-hybridized carbons (Fsp3) is 0.440. The highest BCUT2D eigenvalue weighted by atomic mass is 16.5. The Morgan fingerprint density at radius 3 is 2.52 bits per heavy atom. The molecule has 0 atom stereocenters. The zero-order chi connectivity index (χ0) is 23.4. The van der Waals surface area contributed by atoms with Crippen molar-refractivity contribution in [3.63, 3.8) is 0 Å². The lowest BCUT2D eigenvalue weighted by Gasteiger charge is -2.31. The molecule has 33 heavy (non-hydrogen) atoms. The number of rotatable bonds is 8. The Balaban J connectivity index is 1.61. The summed E-state index contributed by atoms with van der Waals surface area (Å²) in [5.74, 6) is 1.11. The standard InChI is InChI=1S/C25H31N3O5/c1-5-31-21-15-20(28-7-9-30-10-8-28)22(32-6-2)13-18(21)26-24(29)14-19-25-17(4)11-16(3)12-23(25)33-27-19/h11-13,15H,5-10,14H2,1-4H3,(H,26,29). The van der Waals surface area contributed by atoms with Gasteiger partial charge in [0.15, 0.2) is 5.58 Å². The number of ether oxygens (including phenoxy) is 3. The number of hydrogen-bond acceptors (Lipinski definition) is 7. The van der Waals surface area contributed by atoms with Crippen molar-refractivity contribution in [2.24, 2.45) is 0 Å². The molecule has 2 heterocycles. The van der Waals surface area contributed by atoms with Crippen LogP contribution in [0.4, 0.5) is 11.4 Å². The van der Waals surface area contributed by atoms with Crippen LogP contribution in [0.5, 0.6) is 11.5 Å². The third-order valence-electron chi connectivity index (χ3n) is 5.60. The molecule has 0 bridgehead atoms. The van der Waals surface area contributed by atoms with E-state index in [1.54, 1.807) is 0 Å². The number of morpholine rings is 1. The van der Waals surface area contributed by atoms with Gasteiger partial charge in [0.25, 0.3) is 0 Å². The predicted molar refractivity (Wildman–Crippen MR) is 128 cm³/mol. The molecule has 1 fully saturated rings. The number of benzene rings is 2. The van der Waals surface area contributed by atoms with Crippen LogP contribution in [0.15, 0.2) is 28.8 Å². The number of carbonyl (C=O) groups is 1. The summed E-state index contributed by atoms with van der Waals surface area (Å²) in [4.78, 5) is 15.2. The van der Waals surface area contributed by atoms with Gasteiger partial charge in [-0.25, -0.2) is 0 Å². The van der Waals surface area contributed by atoms with Gasteiger partial charge in [0.2, 0.25) is 5.91 Å². The van der Waals surface area contributed by atoms with E-state index in [1.165, 1.54) is 0 Å². The maximum absolute atomic E-state index is 13.0. The van der Waals surface area contributed by atoms with Crippen molar-refractivity contribution in [2.75, 3.05) is 49.7 Å². The second kappa shape index (κ2) is 10.1. The first-order chi connectivity index (χ1) is 16.0. The van der Waals surface area contributed by atoms with Crippen molar-refractivity contribution in [3.8, 4) is 11.5 Å². The molecule has 1 aliphatic heterocycles. The molecule has 0 spiro atoms. The molecular formula is C25H31N3O5. The van der Waals surface area contributed by atoms with Gasteiger partial charge in [-0.1, -0.05) is 11.2 Å². The molecular weight excluding hydrogens is 422 g/mol. The van der Waals surface area contributed by atoms with Crippen LogP contribution in [0, 0.1) is 13.8 Å². The maximum Gasteiger partial charge on any atom is 0.230 e. The van der Waals surface area contributed by atoms with Gasteiger partial charge in [-0.2, -0.15) is 0 Å². The number of anilines is 2. The molecule has 0 radical (unpaired) electrons. The Labute approximate surface area is 193 Å². The highest BCUT2D eigenvalue weighted by molar-refractivity contribution is 5.97. The molecule has 8 heteroatoms. The molecule has 176 valence electrons. The van der Waals surface area contributed by atoms with E-state index in [2.05, 4.69) is 21.4 Å². The number of nitrogens with one attached hydrogen (secondary N) is 1. The highest BCUT2D eigenvalue weighted by Crippen LogP contribution is 2.39. The molecule has 1 aliphatic rings. The molecule has 3 aromatic rings.